The van der Waals surface area contributed by atoms with E-state index >= 15 is 0 Å². The molecule has 1 heterocycles. The summed E-state index contributed by atoms with van der Waals surface area (Å²) in [7, 11) is 0. The van der Waals surface area contributed by atoms with Crippen LogP contribution < -0.4 is 10.6 Å². The van der Waals surface area contributed by atoms with Crippen molar-refractivity contribution in [3.8, 4) is 0 Å². The first-order valence-electron chi connectivity index (χ1n) is 7.72. The predicted molar refractivity (Wildman–Crippen MR) is 100 cm³/mol. The molecule has 0 fully saturated rings. The molecule has 3 rings (SSSR count). The number of nitrogens with zero attached hydrogens (tertiary/aromatic N) is 2. The van der Waals surface area contributed by atoms with Gasteiger partial charge in [0.15, 0.2) is 5.11 Å². The number of hydrogen-bond donors (Lipinski definition) is 2. The van der Waals surface area contributed by atoms with E-state index in [9.17, 15) is 13.2 Å². The number of rotatable bonds is 2. The van der Waals surface area contributed by atoms with Gasteiger partial charge in [-0.2, -0.15) is 13.2 Å². The number of hydrogen-bond acceptors (Lipinski definition) is 3. The molecular formula is C18H15F3N4S. The van der Waals surface area contributed by atoms with Crippen LogP contribution in [0.15, 0.2) is 42.5 Å². The molecular weight excluding hydrogens is 361 g/mol. The highest BCUT2D eigenvalue weighted by atomic mass is 32.1. The van der Waals surface area contributed by atoms with Crippen LogP contribution in [0, 0.1) is 13.8 Å². The minimum absolute atomic E-state index is 0.181. The Kier molecular flexibility index (Phi) is 4.78. The van der Waals surface area contributed by atoms with E-state index in [0.717, 1.165) is 29.0 Å². The van der Waals surface area contributed by atoms with E-state index in [-0.39, 0.29) is 10.8 Å². The third kappa shape index (κ3) is 4.08. The van der Waals surface area contributed by atoms with E-state index < -0.39 is 11.7 Å². The lowest BCUT2D eigenvalue weighted by atomic mass is 10.2. The molecule has 0 radical (unpaired) electrons. The fourth-order valence-corrected chi connectivity index (χ4v) is 2.61. The molecule has 0 atom stereocenters. The Labute approximate surface area is 153 Å². The highest BCUT2D eigenvalue weighted by molar-refractivity contribution is 7.80. The number of halogens is 3. The van der Waals surface area contributed by atoms with Gasteiger partial charge >= 0.3 is 6.18 Å². The second-order valence-electron chi connectivity index (χ2n) is 5.76. The van der Waals surface area contributed by atoms with Crippen LogP contribution in [-0.4, -0.2) is 15.1 Å². The Bertz CT molecular complexity index is 986. The number of nitrogens with one attached hydrogen (secondary N) is 2. The summed E-state index contributed by atoms with van der Waals surface area (Å²) < 4.78 is 38.3. The molecule has 26 heavy (non-hydrogen) atoms. The molecule has 2 N–H and O–H groups in total. The van der Waals surface area contributed by atoms with Crippen LogP contribution in [-0.2, 0) is 6.18 Å². The second kappa shape index (κ2) is 6.87. The third-order valence-corrected chi connectivity index (χ3v) is 3.99. The quantitative estimate of drug-likeness (QED) is 0.611. The Morgan fingerprint density at radius 3 is 2.15 bits per heavy atom. The van der Waals surface area contributed by atoms with Gasteiger partial charge in [0, 0.05) is 11.4 Å². The zero-order valence-corrected chi connectivity index (χ0v) is 14.8. The molecule has 0 aliphatic carbocycles. The molecule has 0 unspecified atom stereocenters. The zero-order chi connectivity index (χ0) is 18.9. The van der Waals surface area contributed by atoms with Crippen molar-refractivity contribution in [3.05, 3.63) is 59.4 Å². The first-order valence-corrected chi connectivity index (χ1v) is 8.13. The lowest BCUT2D eigenvalue weighted by molar-refractivity contribution is -0.137. The summed E-state index contributed by atoms with van der Waals surface area (Å²) >= 11 is 5.18. The van der Waals surface area contributed by atoms with Crippen LogP contribution in [0.25, 0.3) is 11.0 Å². The van der Waals surface area contributed by atoms with Crippen molar-refractivity contribution in [1.82, 2.24) is 9.97 Å². The smallest absolute Gasteiger partial charge is 0.332 e. The molecule has 1 aromatic heterocycles. The highest BCUT2D eigenvalue weighted by Gasteiger charge is 2.30. The third-order valence-electron chi connectivity index (χ3n) is 3.78. The summed E-state index contributed by atoms with van der Waals surface area (Å²) in [5.74, 6) is 0. The molecule has 0 aliphatic heterocycles. The maximum Gasteiger partial charge on any atom is 0.416 e. The van der Waals surface area contributed by atoms with Gasteiger partial charge in [0.2, 0.25) is 0 Å². The van der Waals surface area contributed by atoms with Crippen molar-refractivity contribution in [2.24, 2.45) is 0 Å². The van der Waals surface area contributed by atoms with Gasteiger partial charge in [-0.25, -0.2) is 9.97 Å². The number of aromatic nitrogens is 2. The van der Waals surface area contributed by atoms with Gasteiger partial charge in [-0.1, -0.05) is 6.07 Å². The van der Waals surface area contributed by atoms with Gasteiger partial charge in [-0.05, 0) is 62.5 Å². The van der Waals surface area contributed by atoms with Crippen LogP contribution in [0.2, 0.25) is 0 Å². The molecule has 3 aromatic rings. The zero-order valence-electron chi connectivity index (χ0n) is 14.0. The Morgan fingerprint density at radius 1 is 0.885 bits per heavy atom. The van der Waals surface area contributed by atoms with Gasteiger partial charge in [-0.3, -0.25) is 0 Å². The summed E-state index contributed by atoms with van der Waals surface area (Å²) in [5, 5.41) is 5.88. The van der Waals surface area contributed by atoms with E-state index in [1.165, 1.54) is 12.1 Å². The largest absolute Gasteiger partial charge is 0.416 e. The fraction of sp³-hybridized carbons (Fsp3) is 0.167. The van der Waals surface area contributed by atoms with Crippen LogP contribution >= 0.6 is 12.2 Å². The van der Waals surface area contributed by atoms with Gasteiger partial charge < -0.3 is 10.6 Å². The van der Waals surface area contributed by atoms with Gasteiger partial charge in [0.1, 0.15) is 0 Å². The normalized spacial score (nSPS) is 11.4. The maximum atomic E-state index is 12.8. The summed E-state index contributed by atoms with van der Waals surface area (Å²) in [6.07, 6.45) is -4.40. The molecule has 0 saturated carbocycles. The first kappa shape index (κ1) is 18.1. The van der Waals surface area contributed by atoms with E-state index in [0.29, 0.717) is 11.2 Å². The van der Waals surface area contributed by atoms with E-state index in [2.05, 4.69) is 20.6 Å². The predicted octanol–water partition coefficient (Wildman–Crippen LogP) is 5.07. The van der Waals surface area contributed by atoms with Crippen LogP contribution in [0.3, 0.4) is 0 Å². The van der Waals surface area contributed by atoms with E-state index in [4.69, 9.17) is 12.2 Å². The Hall–Kier alpha value is -2.74. The standard InChI is InChI=1S/C18H15F3N4S/c1-10-11(2)23-16-9-14(6-7-15(16)22-10)25-17(26)24-13-5-3-4-12(8-13)18(19,20)21/h3-9H,1-2H3,(H2,24,25,26). The van der Waals surface area contributed by atoms with Crippen LogP contribution in [0.1, 0.15) is 17.0 Å². The lowest BCUT2D eigenvalue weighted by Gasteiger charge is -2.13. The summed E-state index contributed by atoms with van der Waals surface area (Å²) in [6.45, 7) is 3.77. The van der Waals surface area contributed by atoms with E-state index in [1.807, 2.05) is 19.9 Å². The van der Waals surface area contributed by atoms with Crippen LogP contribution in [0.4, 0.5) is 24.5 Å². The number of aryl methyl sites for hydroxylation is 2. The van der Waals surface area contributed by atoms with Crippen molar-refractivity contribution in [2.75, 3.05) is 10.6 Å². The van der Waals surface area contributed by atoms with Gasteiger partial charge in [0.05, 0.1) is 28.0 Å². The molecule has 0 aliphatic rings. The average Bonchev–Trinajstić information content (AvgIpc) is 2.55. The average molecular weight is 376 g/mol. The maximum absolute atomic E-state index is 12.8. The number of thiocarbonyl (C=S) groups is 1. The van der Waals surface area contributed by atoms with Crippen molar-refractivity contribution in [3.63, 3.8) is 0 Å². The second-order valence-corrected chi connectivity index (χ2v) is 6.16. The number of fused-ring (bicyclic) bond motifs is 1. The SMILES string of the molecule is Cc1nc2ccc(NC(=S)Nc3cccc(C(F)(F)F)c3)cc2nc1C. The fourth-order valence-electron chi connectivity index (χ4n) is 2.38. The molecule has 4 nitrogen and oxygen atoms in total. The Balaban J connectivity index is 1.76. The first-order chi connectivity index (χ1) is 12.2. The minimum atomic E-state index is -4.40. The highest BCUT2D eigenvalue weighted by Crippen LogP contribution is 2.30. The van der Waals surface area contributed by atoms with E-state index in [1.54, 1.807) is 12.1 Å². The summed E-state index contributed by atoms with van der Waals surface area (Å²) in [4.78, 5) is 8.93. The van der Waals surface area contributed by atoms with Gasteiger partial charge in [0.25, 0.3) is 0 Å². The van der Waals surface area contributed by atoms with Crippen LogP contribution in [0.5, 0.6) is 0 Å². The monoisotopic (exact) mass is 376 g/mol. The van der Waals surface area contributed by atoms with Crippen molar-refractivity contribution in [1.29, 1.82) is 0 Å². The molecule has 0 amide bonds. The number of benzene rings is 2. The molecule has 0 bridgehead atoms. The summed E-state index contributed by atoms with van der Waals surface area (Å²) in [5.41, 5.74) is 3.34. The molecule has 2 aromatic carbocycles. The number of anilines is 2. The molecule has 0 spiro atoms. The number of alkyl halides is 3. The molecule has 0 saturated heterocycles. The minimum Gasteiger partial charge on any atom is -0.332 e. The Morgan fingerprint density at radius 2 is 1.50 bits per heavy atom. The molecule has 134 valence electrons. The lowest BCUT2D eigenvalue weighted by Crippen LogP contribution is -2.19. The van der Waals surface area contributed by atoms with Crippen molar-refractivity contribution in [2.45, 2.75) is 20.0 Å². The van der Waals surface area contributed by atoms with Gasteiger partial charge in [-0.15, -0.1) is 0 Å². The van der Waals surface area contributed by atoms with Crippen molar-refractivity contribution >= 4 is 39.7 Å². The topological polar surface area (TPSA) is 49.8 Å². The van der Waals surface area contributed by atoms with Crippen molar-refractivity contribution < 1.29 is 13.2 Å². The summed E-state index contributed by atoms with van der Waals surface area (Å²) in [6, 6.07) is 10.2. The molecule has 8 heteroatoms.